The molecule has 3 radical (unpaired) electrons. The molecule has 1 unspecified atom stereocenters. The summed E-state index contributed by atoms with van der Waals surface area (Å²) in [7, 11) is 0. The minimum atomic E-state index is -0.354. The van der Waals surface area contributed by atoms with Gasteiger partial charge in [0.15, 0.2) is 23.3 Å². The number of hydrogen-bond donors (Lipinski definition) is 2. The molecular formula is C83H112BN11NaO9. The predicted molar refractivity (Wildman–Crippen MR) is 414 cm³/mol. The van der Waals surface area contributed by atoms with Gasteiger partial charge in [0.1, 0.15) is 31.9 Å². The molecule has 557 valence electrons. The van der Waals surface area contributed by atoms with Crippen molar-refractivity contribution in [1.29, 1.82) is 0 Å². The maximum atomic E-state index is 13.1. The van der Waals surface area contributed by atoms with Crippen molar-refractivity contribution in [3.63, 3.8) is 0 Å². The number of aromatic nitrogens is 8. The molecule has 6 atom stereocenters. The van der Waals surface area contributed by atoms with Crippen LogP contribution in [0.2, 0.25) is 0 Å². The molecule has 0 aliphatic carbocycles. The fourth-order valence-corrected chi connectivity index (χ4v) is 13.1. The van der Waals surface area contributed by atoms with Crippen molar-refractivity contribution >= 4 is 32.4 Å². The molecule has 3 aliphatic rings. The van der Waals surface area contributed by atoms with Crippen LogP contribution in [0.15, 0.2) is 188 Å². The van der Waals surface area contributed by atoms with Crippen molar-refractivity contribution in [2.75, 3.05) is 72.5 Å². The maximum Gasteiger partial charge on any atom is 1.00 e. The standard InChI is InChI=1S/C27H31N3O3.2C26H32N4O3.4CH4.B.Na.H/c1-27(2,3)25(30-15-21(17-31)18-33-19-24(30)32)26-28-23(22-12-8-5-9-13-22)16-29(26)14-20-10-6-4-7-11-20;2*1-26(2,3)23(29-14-20(16-31)17-33-18-22(29)32)25-27-24(21-12-8-5-9-13-21)28-30(25)15-19-10-6-4-7-11-19;;;;;;;/h4-13,16-17,21,25H,14-15,18-19H2,1-3H3;2*4-13,20,23,31H,14-18H2,1-3H3;4*1H4;;;/q;;;;;;;;+1;-1/t21?,25-;20-,23+;20-,23-;;;;;;;/m010......./s1. The van der Waals surface area contributed by atoms with Gasteiger partial charge in [0.25, 0.3) is 0 Å². The van der Waals surface area contributed by atoms with Gasteiger partial charge in [-0.1, -0.05) is 274 Å². The Morgan fingerprint density at radius 1 is 0.448 bits per heavy atom. The Morgan fingerprint density at radius 3 is 1.10 bits per heavy atom. The van der Waals surface area contributed by atoms with E-state index in [4.69, 9.17) is 39.4 Å². The van der Waals surface area contributed by atoms with Crippen LogP contribution in [-0.2, 0) is 53.0 Å². The van der Waals surface area contributed by atoms with Gasteiger partial charge in [-0.15, -0.1) is 0 Å². The van der Waals surface area contributed by atoms with E-state index in [9.17, 15) is 29.4 Å². The van der Waals surface area contributed by atoms with Crippen LogP contribution in [0.4, 0.5) is 0 Å². The molecule has 3 aromatic heterocycles. The van der Waals surface area contributed by atoms with Crippen LogP contribution < -0.4 is 29.6 Å². The number of ether oxygens (including phenoxy) is 3. The molecule has 2 N–H and O–H groups in total. The largest absolute Gasteiger partial charge is 1.00 e. The summed E-state index contributed by atoms with van der Waals surface area (Å²) in [6.07, 6.45) is 2.95. The molecule has 3 fully saturated rings. The van der Waals surface area contributed by atoms with E-state index in [1.165, 1.54) is 0 Å². The summed E-state index contributed by atoms with van der Waals surface area (Å²) < 4.78 is 22.6. The quantitative estimate of drug-likeness (QED) is 0.0602. The number of hydrogen-bond acceptors (Lipinski definition) is 14. The Kier molecular flexibility index (Phi) is 34.8. The summed E-state index contributed by atoms with van der Waals surface area (Å²) in [6, 6.07) is 59.3. The first-order chi connectivity index (χ1) is 47.6. The Hall–Kier alpha value is -8.25. The molecule has 20 nitrogen and oxygen atoms in total. The molecule has 0 saturated carbocycles. The summed E-state index contributed by atoms with van der Waals surface area (Å²) in [5, 5.41) is 29.4. The van der Waals surface area contributed by atoms with E-state index in [-0.39, 0.29) is 179 Å². The summed E-state index contributed by atoms with van der Waals surface area (Å²) in [5.74, 6) is 2.60. The van der Waals surface area contributed by atoms with E-state index in [0.717, 1.165) is 62.8 Å². The zero-order valence-corrected chi connectivity index (χ0v) is 62.1. The number of aldehydes is 1. The van der Waals surface area contributed by atoms with Gasteiger partial charge in [0, 0.05) is 82.5 Å². The molecule has 0 spiro atoms. The van der Waals surface area contributed by atoms with Crippen molar-refractivity contribution in [2.24, 2.45) is 34.0 Å². The topological polar surface area (TPSA) is 225 Å². The summed E-state index contributed by atoms with van der Waals surface area (Å²) in [4.78, 5) is 71.6. The van der Waals surface area contributed by atoms with E-state index in [0.29, 0.717) is 64.1 Å². The molecule has 0 bridgehead atoms. The van der Waals surface area contributed by atoms with E-state index in [1.807, 2.05) is 165 Å². The predicted octanol–water partition coefficient (Wildman–Crippen LogP) is 10.7. The fourth-order valence-electron chi connectivity index (χ4n) is 13.1. The van der Waals surface area contributed by atoms with Crippen LogP contribution in [0, 0.1) is 34.0 Å². The third-order valence-electron chi connectivity index (χ3n) is 17.7. The minimum absolute atomic E-state index is 0. The molecule has 3 aliphatic heterocycles. The Labute approximate surface area is 649 Å². The number of rotatable bonds is 18. The zero-order chi connectivity index (χ0) is 70.3. The number of aliphatic hydroxyl groups excluding tert-OH is 2. The van der Waals surface area contributed by atoms with Gasteiger partial charge in [-0.3, -0.25) is 14.4 Å². The van der Waals surface area contributed by atoms with Crippen molar-refractivity contribution in [3.8, 4) is 34.0 Å². The monoisotopic (exact) mass is 1440 g/mol. The van der Waals surface area contributed by atoms with Gasteiger partial charge >= 0.3 is 29.6 Å². The third kappa shape index (κ3) is 23.4. The molecule has 3 saturated heterocycles. The number of imidazole rings is 1. The Balaban J connectivity index is 0.000000399. The van der Waals surface area contributed by atoms with Crippen molar-refractivity contribution in [1.82, 2.24) is 53.8 Å². The zero-order valence-electron chi connectivity index (χ0n) is 61.1. The molecule has 6 aromatic carbocycles. The second-order valence-corrected chi connectivity index (χ2v) is 29.1. The molecule has 9 aromatic rings. The first-order valence-corrected chi connectivity index (χ1v) is 34.1. The molecule has 6 heterocycles. The molecule has 105 heavy (non-hydrogen) atoms. The van der Waals surface area contributed by atoms with Crippen LogP contribution in [0.3, 0.4) is 0 Å². The van der Waals surface area contributed by atoms with Gasteiger partial charge in [-0.25, -0.2) is 24.3 Å². The number of amides is 3. The molecule has 12 rings (SSSR count). The van der Waals surface area contributed by atoms with E-state index >= 15 is 0 Å². The second-order valence-electron chi connectivity index (χ2n) is 29.1. The number of nitrogens with zero attached hydrogens (tertiary/aromatic N) is 11. The van der Waals surface area contributed by atoms with Gasteiger partial charge in [0.05, 0.1) is 62.6 Å². The second kappa shape index (κ2) is 41.0. The average Bonchev–Trinajstić information content (AvgIpc) is 1.60. The van der Waals surface area contributed by atoms with Gasteiger partial charge in [-0.2, -0.15) is 10.2 Å². The smallest absolute Gasteiger partial charge is 1.00 e. The molecule has 3 amide bonds. The van der Waals surface area contributed by atoms with Gasteiger partial charge in [0.2, 0.25) is 17.7 Å². The van der Waals surface area contributed by atoms with Crippen molar-refractivity contribution in [2.45, 2.75) is 130 Å². The SMILES string of the molecule is C.C.C.C.CC(C)(C)[C@H](c1nc(-c2ccccc2)cn1Cc1ccccc1)N1CC(C=O)COCC1=O.CC(C)(C)[C@H](c1nc(-c2ccccc2)nn1Cc1ccccc1)N1C[C@@H](CO)COCC1=O.CC(C)(C)[C@H](c1nc(-c2ccccc2)nn1Cc1ccccc1)N1C[C@H](CO)COCC1=O.[B].[H-].[Na+]. The molecular weight excluding hydrogens is 1330 g/mol. The average molecular weight is 1440 g/mol. The summed E-state index contributed by atoms with van der Waals surface area (Å²) in [5.41, 5.74) is 6.14. The van der Waals surface area contributed by atoms with Crippen molar-refractivity contribution in [3.05, 3.63) is 222 Å². The van der Waals surface area contributed by atoms with Crippen LogP contribution >= 0.6 is 0 Å². The van der Waals surface area contributed by atoms with Gasteiger partial charge in [-0.05, 0) is 32.9 Å². The third-order valence-corrected chi connectivity index (χ3v) is 17.7. The fraction of sp³-hybridized carbons (Fsp3) is 0.434. The van der Waals surface area contributed by atoms with Crippen LogP contribution in [0.25, 0.3) is 34.0 Å². The normalized spacial score (nSPS) is 17.2. The van der Waals surface area contributed by atoms with E-state index in [1.54, 1.807) is 4.90 Å². The number of benzene rings is 6. The Morgan fingerprint density at radius 2 is 0.762 bits per heavy atom. The number of carbonyl (C=O) groups is 4. The number of aliphatic hydroxyl groups is 2. The summed E-state index contributed by atoms with van der Waals surface area (Å²) >= 11 is 0. The number of carbonyl (C=O) groups excluding carboxylic acids is 4. The summed E-state index contributed by atoms with van der Waals surface area (Å²) in [6.45, 7) is 22.7. The molecule has 22 heteroatoms. The van der Waals surface area contributed by atoms with Crippen molar-refractivity contribution < 1.29 is 74.6 Å². The van der Waals surface area contributed by atoms with Crippen LogP contribution in [-0.4, -0.2) is 169 Å². The Bertz CT molecular complexity index is 3890. The van der Waals surface area contributed by atoms with E-state index in [2.05, 4.69) is 109 Å². The van der Waals surface area contributed by atoms with Crippen LogP contribution in [0.1, 0.15) is 146 Å². The first kappa shape index (κ1) is 89.2. The first-order valence-electron chi connectivity index (χ1n) is 34.1. The van der Waals surface area contributed by atoms with E-state index < -0.39 is 0 Å². The van der Waals surface area contributed by atoms with Crippen LogP contribution in [0.5, 0.6) is 0 Å². The van der Waals surface area contributed by atoms with Gasteiger partial charge < -0.3 is 49.9 Å². The maximum absolute atomic E-state index is 13.1. The minimum Gasteiger partial charge on any atom is -1.00 e.